The normalized spacial score (nSPS) is 18.4. The molecular weight excluding hydrogens is 284 g/mol. The van der Waals surface area contributed by atoms with Crippen LogP contribution < -0.4 is 5.73 Å². The van der Waals surface area contributed by atoms with Crippen molar-refractivity contribution in [1.29, 1.82) is 0 Å². The lowest BCUT2D eigenvalue weighted by Gasteiger charge is -2.05. The third-order valence-electron chi connectivity index (χ3n) is 4.58. The lowest BCUT2D eigenvalue weighted by atomic mass is 10.1. The number of para-hydroxylation sites is 1. The molecule has 23 heavy (non-hydrogen) atoms. The standard InChI is InChI=1S/C19H16N4/c20-19-17-14(16-9-12-3-1-2-4-15(12)23-16)8-13(7-11-5-6-11)18(17)21-10-22-19/h1-4,7-11,23H,5-6H2,(H2,20,21,22)/b13-7-. The number of aromatic amines is 1. The molecule has 3 N–H and O–H groups in total. The van der Waals surface area contributed by atoms with E-state index in [1.54, 1.807) is 6.33 Å². The number of benzene rings is 1. The Hall–Kier alpha value is -2.88. The molecule has 4 nitrogen and oxygen atoms in total. The minimum atomic E-state index is 0.541. The second-order valence-corrected chi connectivity index (χ2v) is 6.27. The fourth-order valence-corrected chi connectivity index (χ4v) is 3.25. The summed E-state index contributed by atoms with van der Waals surface area (Å²) in [6.07, 6.45) is 8.61. The zero-order valence-electron chi connectivity index (χ0n) is 12.6. The van der Waals surface area contributed by atoms with Gasteiger partial charge >= 0.3 is 0 Å². The number of fused-ring (bicyclic) bond motifs is 2. The van der Waals surface area contributed by atoms with Gasteiger partial charge in [-0.1, -0.05) is 24.3 Å². The molecule has 3 aromatic rings. The first-order valence-corrected chi connectivity index (χ1v) is 7.92. The van der Waals surface area contributed by atoms with Crippen molar-refractivity contribution in [2.75, 3.05) is 5.73 Å². The van der Waals surface area contributed by atoms with Crippen molar-refractivity contribution < 1.29 is 0 Å². The molecule has 1 aromatic carbocycles. The van der Waals surface area contributed by atoms with E-state index in [0.29, 0.717) is 11.7 Å². The van der Waals surface area contributed by atoms with E-state index in [-0.39, 0.29) is 0 Å². The quantitative estimate of drug-likeness (QED) is 0.757. The minimum absolute atomic E-state index is 0.541. The van der Waals surface area contributed by atoms with Gasteiger partial charge in [-0.2, -0.15) is 0 Å². The summed E-state index contributed by atoms with van der Waals surface area (Å²) in [7, 11) is 0. The van der Waals surface area contributed by atoms with E-state index in [1.807, 2.05) is 12.1 Å². The predicted octanol–water partition coefficient (Wildman–Crippen LogP) is 3.78. The summed E-state index contributed by atoms with van der Waals surface area (Å²) in [5.74, 6) is 1.23. The minimum Gasteiger partial charge on any atom is -0.383 e. The Labute approximate surface area is 133 Å². The number of nitrogens with zero attached hydrogens (tertiary/aromatic N) is 2. The molecule has 0 radical (unpaired) electrons. The number of H-pyrrole nitrogens is 1. The average molecular weight is 300 g/mol. The highest BCUT2D eigenvalue weighted by Gasteiger charge is 2.27. The molecule has 112 valence electrons. The molecule has 0 atom stereocenters. The lowest BCUT2D eigenvalue weighted by Crippen LogP contribution is -2.00. The van der Waals surface area contributed by atoms with Crippen LogP contribution in [-0.2, 0) is 0 Å². The Morgan fingerprint density at radius 2 is 2.04 bits per heavy atom. The van der Waals surface area contributed by atoms with Gasteiger partial charge in [0.1, 0.15) is 12.1 Å². The highest BCUT2D eigenvalue weighted by Crippen LogP contribution is 2.43. The van der Waals surface area contributed by atoms with Crippen LogP contribution in [0.5, 0.6) is 0 Å². The van der Waals surface area contributed by atoms with Crippen LogP contribution >= 0.6 is 0 Å². The Balaban J connectivity index is 1.73. The maximum atomic E-state index is 6.17. The van der Waals surface area contributed by atoms with E-state index in [4.69, 9.17) is 5.73 Å². The van der Waals surface area contributed by atoms with Gasteiger partial charge in [-0.3, -0.25) is 0 Å². The molecule has 0 amide bonds. The molecule has 4 heteroatoms. The molecule has 2 aliphatic carbocycles. The molecule has 0 bridgehead atoms. The maximum Gasteiger partial charge on any atom is 0.135 e. The number of aromatic nitrogens is 3. The first kappa shape index (κ1) is 12.6. The first-order chi connectivity index (χ1) is 11.3. The zero-order valence-corrected chi connectivity index (χ0v) is 12.6. The summed E-state index contributed by atoms with van der Waals surface area (Å²) in [4.78, 5) is 12.2. The molecular formula is C19H16N4. The number of rotatable bonds is 2. The highest BCUT2D eigenvalue weighted by molar-refractivity contribution is 6.03. The maximum absolute atomic E-state index is 6.17. The van der Waals surface area contributed by atoms with Crippen LogP contribution in [0.25, 0.3) is 22.0 Å². The Bertz CT molecular complexity index is 957. The summed E-state index contributed by atoms with van der Waals surface area (Å²) in [6.45, 7) is 0. The van der Waals surface area contributed by atoms with E-state index in [0.717, 1.165) is 28.0 Å². The van der Waals surface area contributed by atoms with E-state index < -0.39 is 0 Å². The van der Waals surface area contributed by atoms with Crippen LogP contribution in [0.4, 0.5) is 5.82 Å². The predicted molar refractivity (Wildman–Crippen MR) is 92.5 cm³/mol. The van der Waals surface area contributed by atoms with Gasteiger partial charge in [0, 0.05) is 22.2 Å². The molecule has 2 aliphatic rings. The molecule has 0 saturated heterocycles. The van der Waals surface area contributed by atoms with Gasteiger partial charge in [0.2, 0.25) is 0 Å². The summed E-state index contributed by atoms with van der Waals surface area (Å²) in [5.41, 5.74) is 12.5. The van der Waals surface area contributed by atoms with Gasteiger partial charge < -0.3 is 10.7 Å². The second-order valence-electron chi connectivity index (χ2n) is 6.27. The topological polar surface area (TPSA) is 67.6 Å². The van der Waals surface area contributed by atoms with E-state index in [2.05, 4.69) is 45.3 Å². The molecule has 2 heterocycles. The van der Waals surface area contributed by atoms with Crippen molar-refractivity contribution in [2.45, 2.75) is 12.8 Å². The molecule has 1 fully saturated rings. The van der Waals surface area contributed by atoms with E-state index in [1.165, 1.54) is 23.8 Å². The molecule has 0 aliphatic heterocycles. The number of hydrogen-bond acceptors (Lipinski definition) is 3. The van der Waals surface area contributed by atoms with Gasteiger partial charge in [0.05, 0.1) is 11.3 Å². The van der Waals surface area contributed by atoms with Crippen molar-refractivity contribution in [3.63, 3.8) is 0 Å². The highest BCUT2D eigenvalue weighted by atomic mass is 14.9. The summed E-state index contributed by atoms with van der Waals surface area (Å²) in [5, 5.41) is 1.19. The SMILES string of the molecule is Nc1ncnc2c1C(c1cc3ccccc3[nH]1)=C/C2=C/C1CC1. The summed E-state index contributed by atoms with van der Waals surface area (Å²) in [6, 6.07) is 10.4. The van der Waals surface area contributed by atoms with Crippen LogP contribution in [0.3, 0.4) is 0 Å². The number of allylic oxidation sites excluding steroid dienone is 3. The Morgan fingerprint density at radius 3 is 2.87 bits per heavy atom. The monoisotopic (exact) mass is 300 g/mol. The van der Waals surface area contributed by atoms with Gasteiger partial charge in [0.15, 0.2) is 0 Å². The van der Waals surface area contributed by atoms with Gasteiger partial charge in [-0.15, -0.1) is 0 Å². The van der Waals surface area contributed by atoms with Crippen LogP contribution in [0.1, 0.15) is 29.8 Å². The number of hydrogen-bond donors (Lipinski definition) is 2. The number of nitrogen functional groups attached to an aromatic ring is 1. The number of anilines is 1. The van der Waals surface area contributed by atoms with Gasteiger partial charge in [-0.25, -0.2) is 9.97 Å². The van der Waals surface area contributed by atoms with Gasteiger partial charge in [0.25, 0.3) is 0 Å². The molecule has 0 spiro atoms. The molecule has 1 saturated carbocycles. The van der Waals surface area contributed by atoms with E-state index in [9.17, 15) is 0 Å². The fourth-order valence-electron chi connectivity index (χ4n) is 3.25. The fraction of sp³-hybridized carbons (Fsp3) is 0.158. The molecule has 5 rings (SSSR count). The zero-order chi connectivity index (χ0) is 15.4. The molecule has 2 aromatic heterocycles. The summed E-state index contributed by atoms with van der Waals surface area (Å²) < 4.78 is 0. The van der Waals surface area contributed by atoms with Crippen LogP contribution in [0.2, 0.25) is 0 Å². The largest absolute Gasteiger partial charge is 0.383 e. The van der Waals surface area contributed by atoms with E-state index >= 15 is 0 Å². The third kappa shape index (κ3) is 1.99. The Morgan fingerprint density at radius 1 is 1.17 bits per heavy atom. The number of nitrogens with one attached hydrogen (secondary N) is 1. The van der Waals surface area contributed by atoms with Crippen LogP contribution in [0, 0.1) is 5.92 Å². The molecule has 0 unspecified atom stereocenters. The second kappa shape index (κ2) is 4.56. The van der Waals surface area contributed by atoms with Gasteiger partial charge in [-0.05, 0) is 42.5 Å². The number of nitrogens with two attached hydrogens (primary N) is 1. The van der Waals surface area contributed by atoms with Crippen LogP contribution in [-0.4, -0.2) is 15.0 Å². The van der Waals surface area contributed by atoms with Crippen LogP contribution in [0.15, 0.2) is 48.8 Å². The van der Waals surface area contributed by atoms with Crippen molar-refractivity contribution in [1.82, 2.24) is 15.0 Å². The lowest BCUT2D eigenvalue weighted by molar-refractivity contribution is 1.11. The third-order valence-corrected chi connectivity index (χ3v) is 4.58. The first-order valence-electron chi connectivity index (χ1n) is 7.92. The average Bonchev–Trinajstić information content (AvgIpc) is 3.14. The van der Waals surface area contributed by atoms with Crippen molar-refractivity contribution >= 4 is 27.9 Å². The van der Waals surface area contributed by atoms with Crippen molar-refractivity contribution in [2.24, 2.45) is 5.92 Å². The van der Waals surface area contributed by atoms with Crippen molar-refractivity contribution in [3.8, 4) is 0 Å². The smallest absolute Gasteiger partial charge is 0.135 e. The summed E-state index contributed by atoms with van der Waals surface area (Å²) >= 11 is 0. The Kier molecular flexibility index (Phi) is 2.50. The van der Waals surface area contributed by atoms with Crippen molar-refractivity contribution in [3.05, 3.63) is 65.8 Å².